The number of ether oxygens (including phenoxy) is 1. The highest BCUT2D eigenvalue weighted by atomic mass is 19.1. The number of anilines is 1. The minimum absolute atomic E-state index is 0.271. The fourth-order valence-electron chi connectivity index (χ4n) is 2.17. The van der Waals surface area contributed by atoms with Crippen molar-refractivity contribution in [2.24, 2.45) is 0 Å². The molecule has 0 radical (unpaired) electrons. The van der Waals surface area contributed by atoms with Crippen LogP contribution in [0.4, 0.5) is 10.1 Å². The Kier molecular flexibility index (Phi) is 4.89. The number of carbonyl (C=O) groups is 1. The first-order chi connectivity index (χ1) is 12.1. The minimum atomic E-state index is -0.341. The quantitative estimate of drug-likeness (QED) is 0.749. The van der Waals surface area contributed by atoms with Gasteiger partial charge in [-0.1, -0.05) is 18.2 Å². The first kappa shape index (κ1) is 16.4. The molecule has 0 aliphatic heterocycles. The summed E-state index contributed by atoms with van der Waals surface area (Å²) in [7, 11) is 0. The third-order valence-corrected chi connectivity index (χ3v) is 3.46. The Morgan fingerprint density at radius 3 is 2.60 bits per heavy atom. The molecule has 0 saturated carbocycles. The molecular weight excluding hydrogens is 323 g/mol. The summed E-state index contributed by atoms with van der Waals surface area (Å²) in [6.45, 7) is 0.289. The van der Waals surface area contributed by atoms with Gasteiger partial charge >= 0.3 is 0 Å². The number of hydrogen-bond donors (Lipinski definition) is 2. The zero-order valence-electron chi connectivity index (χ0n) is 13.2. The van der Waals surface area contributed by atoms with E-state index >= 15 is 0 Å². The summed E-state index contributed by atoms with van der Waals surface area (Å²) in [4.78, 5) is 25.6. The fraction of sp³-hybridized carbons (Fsp3) is 0.0526. The average molecular weight is 338 g/mol. The molecule has 25 heavy (non-hydrogen) atoms. The Morgan fingerprint density at radius 1 is 1.08 bits per heavy atom. The highest BCUT2D eigenvalue weighted by molar-refractivity contribution is 6.04. The normalized spacial score (nSPS) is 10.3. The molecule has 1 amide bonds. The van der Waals surface area contributed by atoms with Crippen LogP contribution in [-0.2, 0) is 6.61 Å². The number of halogens is 1. The van der Waals surface area contributed by atoms with Crippen molar-refractivity contribution in [1.29, 1.82) is 0 Å². The van der Waals surface area contributed by atoms with Crippen LogP contribution in [0.3, 0.4) is 0 Å². The molecule has 3 rings (SSSR count). The molecular formula is C19H15FN2O3. The van der Waals surface area contributed by atoms with E-state index in [1.54, 1.807) is 36.4 Å². The van der Waals surface area contributed by atoms with Gasteiger partial charge in [0.05, 0.1) is 5.56 Å². The molecule has 0 bridgehead atoms. The number of amides is 1. The third-order valence-electron chi connectivity index (χ3n) is 3.46. The number of benzene rings is 2. The molecule has 0 fully saturated rings. The van der Waals surface area contributed by atoms with E-state index in [0.29, 0.717) is 17.0 Å². The van der Waals surface area contributed by atoms with Gasteiger partial charge in [-0.2, -0.15) is 0 Å². The van der Waals surface area contributed by atoms with Crippen LogP contribution in [0.5, 0.6) is 5.75 Å². The van der Waals surface area contributed by atoms with Crippen molar-refractivity contribution in [3.63, 3.8) is 0 Å². The molecule has 0 unspecified atom stereocenters. The van der Waals surface area contributed by atoms with Crippen LogP contribution in [0.15, 0.2) is 71.7 Å². The number of H-pyrrole nitrogens is 1. The van der Waals surface area contributed by atoms with Gasteiger partial charge in [-0.3, -0.25) is 9.59 Å². The number of rotatable bonds is 5. The van der Waals surface area contributed by atoms with Gasteiger partial charge in [0.2, 0.25) is 5.56 Å². The van der Waals surface area contributed by atoms with Crippen molar-refractivity contribution in [2.75, 3.05) is 5.32 Å². The first-order valence-corrected chi connectivity index (χ1v) is 7.57. The van der Waals surface area contributed by atoms with E-state index in [-0.39, 0.29) is 23.9 Å². The second-order valence-corrected chi connectivity index (χ2v) is 5.34. The lowest BCUT2D eigenvalue weighted by molar-refractivity contribution is 0.102. The van der Waals surface area contributed by atoms with E-state index in [0.717, 1.165) is 5.56 Å². The van der Waals surface area contributed by atoms with Crippen molar-refractivity contribution >= 4 is 11.6 Å². The second kappa shape index (κ2) is 7.44. The summed E-state index contributed by atoms with van der Waals surface area (Å²) in [6, 6.07) is 15.7. The molecule has 2 aromatic carbocycles. The summed E-state index contributed by atoms with van der Waals surface area (Å²) in [6.07, 6.45) is 1.35. The second-order valence-electron chi connectivity index (χ2n) is 5.34. The molecule has 5 nitrogen and oxygen atoms in total. The molecule has 0 aliphatic carbocycles. The highest BCUT2D eigenvalue weighted by Gasteiger charge is 2.07. The van der Waals surface area contributed by atoms with Gasteiger partial charge in [0, 0.05) is 24.0 Å². The van der Waals surface area contributed by atoms with Crippen LogP contribution in [-0.4, -0.2) is 10.9 Å². The molecule has 0 saturated heterocycles. The van der Waals surface area contributed by atoms with Gasteiger partial charge in [-0.05, 0) is 35.9 Å². The Labute approximate surface area is 143 Å². The topological polar surface area (TPSA) is 71.2 Å². The van der Waals surface area contributed by atoms with Gasteiger partial charge < -0.3 is 15.0 Å². The zero-order chi connectivity index (χ0) is 17.6. The maximum atomic E-state index is 12.9. The molecule has 6 heteroatoms. The minimum Gasteiger partial charge on any atom is -0.489 e. The van der Waals surface area contributed by atoms with E-state index < -0.39 is 0 Å². The van der Waals surface area contributed by atoms with Crippen LogP contribution in [0.1, 0.15) is 15.9 Å². The predicted molar refractivity (Wildman–Crippen MR) is 92.2 cm³/mol. The molecule has 0 atom stereocenters. The molecule has 1 aromatic heterocycles. The number of hydrogen-bond acceptors (Lipinski definition) is 3. The first-order valence-electron chi connectivity index (χ1n) is 7.57. The summed E-state index contributed by atoms with van der Waals surface area (Å²) in [5.74, 6) is -0.0637. The SMILES string of the molecule is O=C(Nc1cccc(OCc2ccc(F)cc2)c1)c1ccc(=O)[nH]c1. The number of aromatic amines is 1. The Bertz CT molecular complexity index is 915. The highest BCUT2D eigenvalue weighted by Crippen LogP contribution is 2.19. The Hall–Kier alpha value is -3.41. The molecule has 126 valence electrons. The molecule has 1 heterocycles. The van der Waals surface area contributed by atoms with Crippen LogP contribution in [0, 0.1) is 5.82 Å². The standard InChI is InChI=1S/C19H15FN2O3/c20-15-7-4-13(5-8-15)12-25-17-3-1-2-16(10-17)22-19(24)14-6-9-18(23)21-11-14/h1-11H,12H2,(H,21,23)(H,22,24). The van der Waals surface area contributed by atoms with Gasteiger partial charge in [0.25, 0.3) is 5.91 Å². The summed E-state index contributed by atoms with van der Waals surface area (Å²) in [5, 5.41) is 2.73. The van der Waals surface area contributed by atoms with Crippen LogP contribution < -0.4 is 15.6 Å². The Balaban J connectivity index is 1.64. The summed E-state index contributed by atoms with van der Waals surface area (Å²) < 4.78 is 18.5. The van der Waals surface area contributed by atoms with Gasteiger partial charge in [0.15, 0.2) is 0 Å². The van der Waals surface area contributed by atoms with Gasteiger partial charge in [-0.15, -0.1) is 0 Å². The predicted octanol–water partition coefficient (Wildman–Crippen LogP) is 3.35. The van der Waals surface area contributed by atoms with Crippen LogP contribution >= 0.6 is 0 Å². The smallest absolute Gasteiger partial charge is 0.257 e. The van der Waals surface area contributed by atoms with Crippen molar-refractivity contribution in [1.82, 2.24) is 4.98 Å². The average Bonchev–Trinajstić information content (AvgIpc) is 2.62. The van der Waals surface area contributed by atoms with Gasteiger partial charge in [-0.25, -0.2) is 4.39 Å². The van der Waals surface area contributed by atoms with Crippen molar-refractivity contribution in [3.05, 3.63) is 94.2 Å². The van der Waals surface area contributed by atoms with Crippen LogP contribution in [0.25, 0.3) is 0 Å². The number of nitrogens with one attached hydrogen (secondary N) is 2. The van der Waals surface area contributed by atoms with Crippen molar-refractivity contribution in [3.8, 4) is 5.75 Å². The number of pyridine rings is 1. The lowest BCUT2D eigenvalue weighted by atomic mass is 10.2. The molecule has 0 aliphatic rings. The number of carbonyl (C=O) groups excluding carboxylic acids is 1. The van der Waals surface area contributed by atoms with E-state index in [9.17, 15) is 14.0 Å². The van der Waals surface area contributed by atoms with E-state index in [2.05, 4.69) is 10.3 Å². The third kappa shape index (κ3) is 4.54. The molecule has 2 N–H and O–H groups in total. The maximum Gasteiger partial charge on any atom is 0.257 e. The summed E-state index contributed by atoms with van der Waals surface area (Å²) >= 11 is 0. The largest absolute Gasteiger partial charge is 0.489 e. The zero-order valence-corrected chi connectivity index (χ0v) is 13.2. The molecule has 0 spiro atoms. The molecule has 3 aromatic rings. The van der Waals surface area contributed by atoms with E-state index in [1.807, 2.05) is 0 Å². The fourth-order valence-corrected chi connectivity index (χ4v) is 2.17. The lowest BCUT2D eigenvalue weighted by Crippen LogP contribution is -2.14. The van der Waals surface area contributed by atoms with Crippen LogP contribution in [0.2, 0.25) is 0 Å². The van der Waals surface area contributed by atoms with E-state index in [4.69, 9.17) is 4.74 Å². The summed E-state index contributed by atoms with van der Waals surface area (Å²) in [5.41, 5.74) is 1.47. The maximum absolute atomic E-state index is 12.9. The van der Waals surface area contributed by atoms with E-state index in [1.165, 1.54) is 30.5 Å². The Morgan fingerprint density at radius 2 is 1.88 bits per heavy atom. The van der Waals surface area contributed by atoms with Crippen molar-refractivity contribution in [2.45, 2.75) is 6.61 Å². The van der Waals surface area contributed by atoms with Gasteiger partial charge in [0.1, 0.15) is 18.2 Å². The lowest BCUT2D eigenvalue weighted by Gasteiger charge is -2.09. The monoisotopic (exact) mass is 338 g/mol. The van der Waals surface area contributed by atoms with Crippen molar-refractivity contribution < 1.29 is 13.9 Å². The number of aromatic nitrogens is 1.